The Hall–Kier alpha value is -1.61. The molecule has 3 nitrogen and oxygen atoms in total. The zero-order valence-corrected chi connectivity index (χ0v) is 12.3. The van der Waals surface area contributed by atoms with Gasteiger partial charge in [0.05, 0.1) is 17.4 Å². The Bertz CT molecular complexity index is 581. The minimum absolute atomic E-state index is 0.487. The van der Waals surface area contributed by atoms with E-state index in [4.69, 9.17) is 0 Å². The van der Waals surface area contributed by atoms with Gasteiger partial charge < -0.3 is 10.2 Å². The van der Waals surface area contributed by atoms with E-state index in [0.717, 1.165) is 17.1 Å². The van der Waals surface area contributed by atoms with Crippen LogP contribution in [0.25, 0.3) is 10.9 Å². The van der Waals surface area contributed by atoms with Crippen molar-refractivity contribution in [3.05, 3.63) is 36.5 Å². The van der Waals surface area contributed by atoms with Crippen molar-refractivity contribution in [1.82, 2.24) is 9.88 Å². The van der Waals surface area contributed by atoms with Gasteiger partial charge in [-0.05, 0) is 51.4 Å². The van der Waals surface area contributed by atoms with Crippen molar-refractivity contribution < 1.29 is 0 Å². The van der Waals surface area contributed by atoms with Crippen LogP contribution in [0.15, 0.2) is 36.5 Å². The monoisotopic (exact) mass is 269 g/mol. The molecule has 0 aliphatic carbocycles. The third kappa shape index (κ3) is 2.93. The van der Waals surface area contributed by atoms with Crippen molar-refractivity contribution in [1.29, 1.82) is 0 Å². The largest absolute Gasteiger partial charge is 0.381 e. The number of aromatic nitrogens is 1. The molecular weight excluding hydrogens is 246 g/mol. The number of hydrogen-bond donors (Lipinski definition) is 1. The molecule has 3 heteroatoms. The van der Waals surface area contributed by atoms with Gasteiger partial charge in [-0.3, -0.25) is 4.98 Å². The topological polar surface area (TPSA) is 28.2 Å². The summed E-state index contributed by atoms with van der Waals surface area (Å²) in [5.74, 6) is 0.722. The number of fused-ring (bicyclic) bond motifs is 1. The van der Waals surface area contributed by atoms with Gasteiger partial charge in [0, 0.05) is 18.0 Å². The van der Waals surface area contributed by atoms with E-state index in [9.17, 15) is 0 Å². The molecule has 0 bridgehead atoms. The fourth-order valence-corrected chi connectivity index (χ4v) is 3.15. The molecule has 20 heavy (non-hydrogen) atoms. The first-order valence-corrected chi connectivity index (χ1v) is 7.52. The Morgan fingerprint density at radius 1 is 1.35 bits per heavy atom. The van der Waals surface area contributed by atoms with Crippen LogP contribution in [0.2, 0.25) is 0 Å². The second-order valence-corrected chi connectivity index (χ2v) is 6.01. The fourth-order valence-electron chi connectivity index (χ4n) is 3.15. The maximum atomic E-state index is 4.52. The van der Waals surface area contributed by atoms with Gasteiger partial charge in [-0.15, -0.1) is 0 Å². The molecule has 1 fully saturated rings. The van der Waals surface area contributed by atoms with Crippen molar-refractivity contribution in [3.63, 3.8) is 0 Å². The van der Waals surface area contributed by atoms with Crippen LogP contribution in [-0.2, 0) is 0 Å². The fraction of sp³-hybridized carbons (Fsp3) is 0.471. The average Bonchev–Trinajstić information content (AvgIpc) is 2.47. The molecule has 0 spiro atoms. The highest BCUT2D eigenvalue weighted by Crippen LogP contribution is 2.23. The maximum absolute atomic E-state index is 4.52. The molecule has 1 aliphatic rings. The number of hydrogen-bond acceptors (Lipinski definition) is 3. The van der Waals surface area contributed by atoms with Crippen LogP contribution in [0.1, 0.15) is 19.8 Å². The van der Waals surface area contributed by atoms with Crippen LogP contribution >= 0.6 is 0 Å². The zero-order chi connectivity index (χ0) is 13.9. The standard InChI is InChI=1S/C17H23N3/c1-13(15-7-5-9-20(2)12-15)19-16-10-14-6-3-4-8-17(14)18-11-16/h3-4,6,8,10-11,13,15,19H,5,7,9,12H2,1-2H3. The lowest BCUT2D eigenvalue weighted by molar-refractivity contribution is 0.197. The molecule has 0 amide bonds. The summed E-state index contributed by atoms with van der Waals surface area (Å²) in [5, 5.41) is 4.83. The molecule has 1 N–H and O–H groups in total. The van der Waals surface area contributed by atoms with E-state index in [0.29, 0.717) is 6.04 Å². The Morgan fingerprint density at radius 2 is 2.20 bits per heavy atom. The lowest BCUT2D eigenvalue weighted by Crippen LogP contribution is -2.39. The van der Waals surface area contributed by atoms with Crippen molar-refractivity contribution >= 4 is 16.6 Å². The molecule has 0 radical (unpaired) electrons. The molecule has 3 rings (SSSR count). The summed E-state index contributed by atoms with van der Waals surface area (Å²) in [6, 6.07) is 11.0. The molecule has 106 valence electrons. The summed E-state index contributed by atoms with van der Waals surface area (Å²) in [6.07, 6.45) is 4.58. The van der Waals surface area contributed by atoms with Gasteiger partial charge in [-0.25, -0.2) is 0 Å². The minimum Gasteiger partial charge on any atom is -0.381 e. The Kier molecular flexibility index (Phi) is 3.88. The molecule has 2 aromatic rings. The lowest BCUT2D eigenvalue weighted by Gasteiger charge is -2.34. The van der Waals surface area contributed by atoms with Crippen LogP contribution in [0.4, 0.5) is 5.69 Å². The van der Waals surface area contributed by atoms with Gasteiger partial charge in [0.2, 0.25) is 0 Å². The number of benzene rings is 1. The van der Waals surface area contributed by atoms with Gasteiger partial charge in [0.15, 0.2) is 0 Å². The number of pyridine rings is 1. The number of rotatable bonds is 3. The predicted octanol–water partition coefficient (Wildman–Crippen LogP) is 3.38. The number of nitrogens with one attached hydrogen (secondary N) is 1. The second kappa shape index (κ2) is 5.80. The lowest BCUT2D eigenvalue weighted by atomic mass is 9.92. The van der Waals surface area contributed by atoms with E-state index in [-0.39, 0.29) is 0 Å². The number of para-hydroxylation sites is 1. The summed E-state index contributed by atoms with van der Waals surface area (Å²) >= 11 is 0. The van der Waals surface area contributed by atoms with E-state index >= 15 is 0 Å². The molecule has 2 unspecified atom stereocenters. The molecule has 0 saturated carbocycles. The summed E-state index contributed by atoms with van der Waals surface area (Å²) in [6.45, 7) is 4.72. The van der Waals surface area contributed by atoms with E-state index in [1.54, 1.807) is 0 Å². The van der Waals surface area contributed by atoms with Crippen molar-refractivity contribution in [2.24, 2.45) is 5.92 Å². The van der Waals surface area contributed by atoms with Crippen LogP contribution in [0, 0.1) is 5.92 Å². The third-order valence-corrected chi connectivity index (χ3v) is 4.35. The Morgan fingerprint density at radius 3 is 3.05 bits per heavy atom. The number of anilines is 1. The molecule has 1 saturated heterocycles. The van der Waals surface area contributed by atoms with E-state index in [2.05, 4.69) is 53.4 Å². The number of nitrogens with zero attached hydrogens (tertiary/aromatic N) is 2. The van der Waals surface area contributed by atoms with E-state index < -0.39 is 0 Å². The average molecular weight is 269 g/mol. The number of likely N-dealkylation sites (tertiary alicyclic amines) is 1. The van der Waals surface area contributed by atoms with E-state index in [1.165, 1.54) is 31.3 Å². The molecule has 1 aromatic carbocycles. The quantitative estimate of drug-likeness (QED) is 0.926. The molecule has 1 aliphatic heterocycles. The van der Waals surface area contributed by atoms with Gasteiger partial charge in [-0.2, -0.15) is 0 Å². The molecular formula is C17H23N3. The smallest absolute Gasteiger partial charge is 0.0703 e. The van der Waals surface area contributed by atoms with Crippen molar-refractivity contribution in [3.8, 4) is 0 Å². The zero-order valence-electron chi connectivity index (χ0n) is 12.3. The highest BCUT2D eigenvalue weighted by Gasteiger charge is 2.22. The van der Waals surface area contributed by atoms with Crippen molar-refractivity contribution in [2.75, 3.05) is 25.5 Å². The first kappa shape index (κ1) is 13.4. The second-order valence-electron chi connectivity index (χ2n) is 6.01. The SMILES string of the molecule is CC(Nc1cnc2ccccc2c1)C1CCCN(C)C1. The van der Waals surface area contributed by atoms with Gasteiger partial charge in [-0.1, -0.05) is 18.2 Å². The van der Waals surface area contributed by atoms with Gasteiger partial charge in [0.1, 0.15) is 0 Å². The van der Waals surface area contributed by atoms with Crippen LogP contribution in [0.5, 0.6) is 0 Å². The molecule has 1 aromatic heterocycles. The summed E-state index contributed by atoms with van der Waals surface area (Å²) in [7, 11) is 2.22. The first-order valence-electron chi connectivity index (χ1n) is 7.52. The summed E-state index contributed by atoms with van der Waals surface area (Å²) in [4.78, 5) is 6.96. The normalized spacial score (nSPS) is 21.8. The molecule has 2 atom stereocenters. The summed E-state index contributed by atoms with van der Waals surface area (Å²) in [5.41, 5.74) is 2.19. The van der Waals surface area contributed by atoms with Gasteiger partial charge in [0.25, 0.3) is 0 Å². The molecule has 2 heterocycles. The third-order valence-electron chi connectivity index (χ3n) is 4.35. The van der Waals surface area contributed by atoms with Crippen molar-refractivity contribution in [2.45, 2.75) is 25.8 Å². The highest BCUT2D eigenvalue weighted by molar-refractivity contribution is 5.81. The highest BCUT2D eigenvalue weighted by atomic mass is 15.1. The van der Waals surface area contributed by atoms with Crippen LogP contribution < -0.4 is 5.32 Å². The Labute approximate surface area is 121 Å². The first-order chi connectivity index (χ1) is 9.72. The van der Waals surface area contributed by atoms with Crippen LogP contribution in [0.3, 0.4) is 0 Å². The predicted molar refractivity (Wildman–Crippen MR) is 85.0 cm³/mol. The summed E-state index contributed by atoms with van der Waals surface area (Å²) < 4.78 is 0. The van der Waals surface area contributed by atoms with E-state index in [1.807, 2.05) is 12.3 Å². The number of piperidine rings is 1. The van der Waals surface area contributed by atoms with Gasteiger partial charge >= 0.3 is 0 Å². The Balaban J connectivity index is 1.71. The van der Waals surface area contributed by atoms with Crippen LogP contribution in [-0.4, -0.2) is 36.1 Å². The minimum atomic E-state index is 0.487. The maximum Gasteiger partial charge on any atom is 0.0703 e.